The molecule has 2 saturated heterocycles. The largest absolute Gasteiger partial charge is 0.375 e. The van der Waals surface area contributed by atoms with Crippen LogP contribution in [0.2, 0.25) is 0 Å². The molecule has 2 fully saturated rings. The van der Waals surface area contributed by atoms with Gasteiger partial charge in [0.2, 0.25) is 5.91 Å². The van der Waals surface area contributed by atoms with Crippen LogP contribution in [0.3, 0.4) is 0 Å². The van der Waals surface area contributed by atoms with E-state index in [2.05, 4.69) is 11.0 Å². The molecule has 4 rings (SSSR count). The van der Waals surface area contributed by atoms with Crippen molar-refractivity contribution in [2.75, 3.05) is 26.3 Å². The lowest BCUT2D eigenvalue weighted by Crippen LogP contribution is -2.51. The molecule has 22 heavy (non-hydrogen) atoms. The Bertz CT molecular complexity index is 585. The highest BCUT2D eigenvalue weighted by Crippen LogP contribution is 2.38. The van der Waals surface area contributed by atoms with Gasteiger partial charge in [0.25, 0.3) is 0 Å². The van der Waals surface area contributed by atoms with Gasteiger partial charge < -0.3 is 15.2 Å². The zero-order valence-corrected chi connectivity index (χ0v) is 12.7. The van der Waals surface area contributed by atoms with Crippen molar-refractivity contribution in [3.63, 3.8) is 0 Å². The summed E-state index contributed by atoms with van der Waals surface area (Å²) >= 11 is 0. The minimum absolute atomic E-state index is 0.0411. The molecule has 1 spiro atoms. The summed E-state index contributed by atoms with van der Waals surface area (Å²) in [6.45, 7) is 3.05. The van der Waals surface area contributed by atoms with Crippen LogP contribution in [0.4, 0.5) is 0 Å². The molecule has 0 aliphatic carbocycles. The number of rotatable bonds is 3. The van der Waals surface area contributed by atoms with Gasteiger partial charge >= 0.3 is 0 Å². The molecule has 0 radical (unpaired) electrons. The normalized spacial score (nSPS) is 30.0. The number of hydrogen-bond acceptors (Lipinski definition) is 4. The standard InChI is InChI=1S/C17H22N2O3/c18-16(20)15-14-4-2-1-3-12(14)6-8-19(15)9-13-5-7-17(22-13)10-21-11-17/h1-4,13,15H,5-11H2,(H2,18,20). The maximum absolute atomic E-state index is 12.0. The molecular formula is C17H22N2O3. The molecule has 3 aliphatic heterocycles. The van der Waals surface area contributed by atoms with Crippen molar-refractivity contribution in [2.45, 2.75) is 37.0 Å². The third kappa shape index (κ3) is 2.33. The van der Waals surface area contributed by atoms with E-state index in [1.807, 2.05) is 18.2 Å². The van der Waals surface area contributed by atoms with E-state index in [1.165, 1.54) is 5.56 Å². The highest BCUT2D eigenvalue weighted by Gasteiger charge is 2.47. The van der Waals surface area contributed by atoms with Crippen LogP contribution in [0.25, 0.3) is 0 Å². The predicted octanol–water partition coefficient (Wildman–Crippen LogP) is 1.02. The van der Waals surface area contributed by atoms with Gasteiger partial charge in [0.15, 0.2) is 0 Å². The molecule has 5 nitrogen and oxygen atoms in total. The third-order valence-corrected chi connectivity index (χ3v) is 5.16. The first kappa shape index (κ1) is 14.2. The summed E-state index contributed by atoms with van der Waals surface area (Å²) in [6, 6.07) is 7.78. The number of amides is 1. The molecule has 3 heterocycles. The third-order valence-electron chi connectivity index (χ3n) is 5.16. The van der Waals surface area contributed by atoms with E-state index in [0.717, 1.165) is 37.9 Å². The maximum atomic E-state index is 12.0. The van der Waals surface area contributed by atoms with Gasteiger partial charge in [0.05, 0.1) is 19.3 Å². The van der Waals surface area contributed by atoms with Crippen LogP contribution in [0.1, 0.15) is 30.0 Å². The number of nitrogens with zero attached hydrogens (tertiary/aromatic N) is 1. The number of hydrogen-bond donors (Lipinski definition) is 1. The minimum atomic E-state index is -0.331. The first-order chi connectivity index (χ1) is 10.7. The fraction of sp³-hybridized carbons (Fsp3) is 0.588. The van der Waals surface area contributed by atoms with E-state index in [0.29, 0.717) is 13.2 Å². The molecule has 118 valence electrons. The lowest BCUT2D eigenvalue weighted by molar-refractivity contribution is -0.202. The number of carbonyl (C=O) groups is 1. The number of nitrogens with two attached hydrogens (primary N) is 1. The van der Waals surface area contributed by atoms with Crippen molar-refractivity contribution in [3.8, 4) is 0 Å². The van der Waals surface area contributed by atoms with Gasteiger partial charge in [0.1, 0.15) is 11.6 Å². The first-order valence-electron chi connectivity index (χ1n) is 8.04. The van der Waals surface area contributed by atoms with Crippen molar-refractivity contribution in [1.82, 2.24) is 4.90 Å². The zero-order chi connectivity index (χ0) is 15.2. The Morgan fingerprint density at radius 2 is 2.18 bits per heavy atom. The van der Waals surface area contributed by atoms with Crippen molar-refractivity contribution in [3.05, 3.63) is 35.4 Å². The van der Waals surface area contributed by atoms with Gasteiger partial charge in [-0.25, -0.2) is 0 Å². The van der Waals surface area contributed by atoms with Gasteiger partial charge in [0, 0.05) is 13.1 Å². The topological polar surface area (TPSA) is 64.8 Å². The average molecular weight is 302 g/mol. The molecule has 3 aliphatic rings. The molecule has 1 amide bonds. The van der Waals surface area contributed by atoms with Gasteiger partial charge in [-0.1, -0.05) is 24.3 Å². The van der Waals surface area contributed by atoms with E-state index in [-0.39, 0.29) is 23.7 Å². The Kier molecular flexibility index (Phi) is 3.44. The Labute approximate surface area is 130 Å². The minimum Gasteiger partial charge on any atom is -0.375 e. The summed E-state index contributed by atoms with van der Waals surface area (Å²) < 4.78 is 11.5. The van der Waals surface area contributed by atoms with Crippen LogP contribution in [0.5, 0.6) is 0 Å². The van der Waals surface area contributed by atoms with Crippen molar-refractivity contribution < 1.29 is 14.3 Å². The van der Waals surface area contributed by atoms with Crippen LogP contribution < -0.4 is 5.73 Å². The van der Waals surface area contributed by atoms with E-state index >= 15 is 0 Å². The van der Waals surface area contributed by atoms with Gasteiger partial charge in [-0.2, -0.15) is 0 Å². The molecule has 2 N–H and O–H groups in total. The van der Waals surface area contributed by atoms with Crippen LogP contribution >= 0.6 is 0 Å². The number of primary amides is 1. The second-order valence-electron chi connectivity index (χ2n) is 6.70. The summed E-state index contributed by atoms with van der Waals surface area (Å²) in [5.74, 6) is -0.271. The van der Waals surface area contributed by atoms with Gasteiger partial charge in [-0.05, 0) is 30.4 Å². The molecule has 0 aromatic heterocycles. The Hall–Kier alpha value is -1.43. The van der Waals surface area contributed by atoms with E-state index in [9.17, 15) is 4.79 Å². The van der Waals surface area contributed by atoms with E-state index in [1.54, 1.807) is 0 Å². The molecule has 0 saturated carbocycles. The average Bonchev–Trinajstić information content (AvgIpc) is 2.91. The number of carbonyl (C=O) groups excluding carboxylic acids is 1. The quantitative estimate of drug-likeness (QED) is 0.905. The number of ether oxygens (including phenoxy) is 2. The molecule has 0 bridgehead atoms. The Balaban J connectivity index is 1.51. The number of benzene rings is 1. The second-order valence-corrected chi connectivity index (χ2v) is 6.70. The van der Waals surface area contributed by atoms with Crippen LogP contribution in [0.15, 0.2) is 24.3 Å². The monoisotopic (exact) mass is 302 g/mol. The molecular weight excluding hydrogens is 280 g/mol. The Morgan fingerprint density at radius 3 is 2.86 bits per heavy atom. The molecule has 1 aromatic rings. The number of fused-ring (bicyclic) bond motifs is 1. The van der Waals surface area contributed by atoms with Crippen LogP contribution in [-0.4, -0.2) is 48.8 Å². The van der Waals surface area contributed by atoms with E-state index in [4.69, 9.17) is 15.2 Å². The summed E-state index contributed by atoms with van der Waals surface area (Å²) in [7, 11) is 0. The predicted molar refractivity (Wildman–Crippen MR) is 81.3 cm³/mol. The highest BCUT2D eigenvalue weighted by molar-refractivity contribution is 5.82. The van der Waals surface area contributed by atoms with Gasteiger partial charge in [-0.3, -0.25) is 9.69 Å². The lowest BCUT2D eigenvalue weighted by atomic mass is 9.91. The second kappa shape index (κ2) is 5.33. The lowest BCUT2D eigenvalue weighted by Gasteiger charge is -2.39. The SMILES string of the molecule is NC(=O)C1c2ccccc2CCN1CC1CCC2(COC2)O1. The first-order valence-corrected chi connectivity index (χ1v) is 8.04. The van der Waals surface area contributed by atoms with Crippen molar-refractivity contribution in [1.29, 1.82) is 0 Å². The van der Waals surface area contributed by atoms with Crippen LogP contribution in [-0.2, 0) is 20.7 Å². The fourth-order valence-electron chi connectivity index (χ4n) is 3.98. The molecule has 1 aromatic carbocycles. The van der Waals surface area contributed by atoms with Crippen LogP contribution in [0, 0.1) is 0 Å². The summed E-state index contributed by atoms with van der Waals surface area (Å²) in [6.07, 6.45) is 3.23. The summed E-state index contributed by atoms with van der Waals surface area (Å²) in [5.41, 5.74) is 7.95. The van der Waals surface area contributed by atoms with Crippen molar-refractivity contribution >= 4 is 5.91 Å². The summed E-state index contributed by atoms with van der Waals surface area (Å²) in [5, 5.41) is 0. The fourth-order valence-corrected chi connectivity index (χ4v) is 3.98. The zero-order valence-electron chi connectivity index (χ0n) is 12.7. The smallest absolute Gasteiger partial charge is 0.239 e. The molecule has 2 unspecified atom stereocenters. The summed E-state index contributed by atoms with van der Waals surface area (Å²) in [4.78, 5) is 14.2. The van der Waals surface area contributed by atoms with E-state index < -0.39 is 0 Å². The molecule has 2 atom stereocenters. The highest BCUT2D eigenvalue weighted by atomic mass is 16.6. The van der Waals surface area contributed by atoms with Crippen molar-refractivity contribution in [2.24, 2.45) is 5.73 Å². The maximum Gasteiger partial charge on any atom is 0.239 e. The molecule has 5 heteroatoms. The van der Waals surface area contributed by atoms with Gasteiger partial charge in [-0.15, -0.1) is 0 Å². The Morgan fingerprint density at radius 1 is 1.36 bits per heavy atom.